The van der Waals surface area contributed by atoms with Crippen molar-refractivity contribution < 1.29 is 24.1 Å². The van der Waals surface area contributed by atoms with Gasteiger partial charge in [-0.3, -0.25) is 4.79 Å². The number of carbonyl (C=O) groups is 1. The van der Waals surface area contributed by atoms with Crippen molar-refractivity contribution >= 4 is 5.97 Å². The molecule has 0 heterocycles. The van der Waals surface area contributed by atoms with Crippen molar-refractivity contribution in [3.05, 3.63) is 17.7 Å². The van der Waals surface area contributed by atoms with E-state index in [0.717, 1.165) is 12.0 Å². The van der Waals surface area contributed by atoms with E-state index in [4.69, 9.17) is 19.9 Å². The quantitative estimate of drug-likeness (QED) is 0.598. The zero-order valence-corrected chi connectivity index (χ0v) is 15.7. The third kappa shape index (κ3) is 5.81. The van der Waals surface area contributed by atoms with E-state index in [1.165, 1.54) is 0 Å². The molecule has 0 radical (unpaired) electrons. The Balaban J connectivity index is 3.36. The second-order valence-corrected chi connectivity index (χ2v) is 5.74. The van der Waals surface area contributed by atoms with Crippen LogP contribution in [0.25, 0.3) is 0 Å². The highest BCUT2D eigenvalue weighted by molar-refractivity contribution is 5.70. The number of hydrogen-bond acceptors (Lipinski definition) is 5. The number of ether oxygens (including phenoxy) is 3. The van der Waals surface area contributed by atoms with Gasteiger partial charge in [-0.05, 0) is 39.5 Å². The highest BCUT2D eigenvalue weighted by atomic mass is 16.5. The highest BCUT2D eigenvalue weighted by Gasteiger charge is 2.27. The van der Waals surface area contributed by atoms with Gasteiger partial charge in [-0.25, -0.2) is 0 Å². The first-order chi connectivity index (χ1) is 12.0. The summed E-state index contributed by atoms with van der Waals surface area (Å²) in [6.07, 6.45) is 1.20. The molecule has 3 N–H and O–H groups in total. The second kappa shape index (κ2) is 10.8. The van der Waals surface area contributed by atoms with Crippen LogP contribution in [0, 0.1) is 5.92 Å². The maximum absolute atomic E-state index is 11.4. The lowest BCUT2D eigenvalue weighted by Gasteiger charge is -2.25. The zero-order valence-electron chi connectivity index (χ0n) is 15.7. The largest absolute Gasteiger partial charge is 0.494 e. The van der Waals surface area contributed by atoms with Crippen LogP contribution in [0.1, 0.15) is 52.0 Å². The minimum atomic E-state index is -0.872. The monoisotopic (exact) mass is 353 g/mol. The summed E-state index contributed by atoms with van der Waals surface area (Å²) in [5.41, 5.74) is 6.55. The fourth-order valence-corrected chi connectivity index (χ4v) is 2.91. The van der Waals surface area contributed by atoms with Crippen molar-refractivity contribution in [1.82, 2.24) is 0 Å². The first-order valence-corrected chi connectivity index (χ1v) is 9.01. The Morgan fingerprint density at radius 3 is 1.92 bits per heavy atom. The van der Waals surface area contributed by atoms with Gasteiger partial charge < -0.3 is 25.1 Å². The highest BCUT2D eigenvalue weighted by Crippen LogP contribution is 2.43. The van der Waals surface area contributed by atoms with Gasteiger partial charge in [0.2, 0.25) is 0 Å². The van der Waals surface area contributed by atoms with E-state index < -0.39 is 11.9 Å². The standard InChI is InChI=1S/C19H31NO5/c1-5-13(9-14(12-20)19(21)22)18-16(24-7-3)10-15(23-6-2)11-17(18)25-8-4/h10-11,13-14H,5-9,12,20H2,1-4H3,(H,21,22). The molecular formula is C19H31NO5. The van der Waals surface area contributed by atoms with Crippen LogP contribution in [0.2, 0.25) is 0 Å². The maximum atomic E-state index is 11.4. The molecule has 25 heavy (non-hydrogen) atoms. The number of aliphatic carboxylic acids is 1. The summed E-state index contributed by atoms with van der Waals surface area (Å²) in [5, 5.41) is 9.36. The molecule has 0 fully saturated rings. The van der Waals surface area contributed by atoms with Crippen LogP contribution in [0.15, 0.2) is 12.1 Å². The normalized spacial score (nSPS) is 13.2. The molecule has 0 saturated heterocycles. The Morgan fingerprint density at radius 2 is 1.56 bits per heavy atom. The number of carboxylic acids is 1. The predicted molar refractivity (Wildman–Crippen MR) is 97.8 cm³/mol. The molecule has 1 aromatic carbocycles. The molecule has 1 aromatic rings. The van der Waals surface area contributed by atoms with E-state index in [9.17, 15) is 9.90 Å². The van der Waals surface area contributed by atoms with Crippen LogP contribution >= 0.6 is 0 Å². The maximum Gasteiger partial charge on any atom is 0.307 e. The van der Waals surface area contributed by atoms with Crippen LogP contribution in [-0.4, -0.2) is 37.4 Å². The molecule has 6 nitrogen and oxygen atoms in total. The molecule has 0 bridgehead atoms. The van der Waals surface area contributed by atoms with E-state index in [2.05, 4.69) is 0 Å². The average molecular weight is 353 g/mol. The Hall–Kier alpha value is -1.95. The predicted octanol–water partition coefficient (Wildman–Crippen LogP) is 3.43. The summed E-state index contributed by atoms with van der Waals surface area (Å²) in [4.78, 5) is 11.4. The van der Waals surface area contributed by atoms with Gasteiger partial charge in [0, 0.05) is 24.2 Å². The van der Waals surface area contributed by atoms with Crippen LogP contribution in [0.4, 0.5) is 0 Å². The fraction of sp³-hybridized carbons (Fsp3) is 0.632. The SMILES string of the molecule is CCOc1cc(OCC)c(C(CC)CC(CN)C(=O)O)c(OCC)c1. The van der Waals surface area contributed by atoms with E-state index >= 15 is 0 Å². The molecule has 2 unspecified atom stereocenters. The molecule has 0 aliphatic rings. The lowest BCUT2D eigenvalue weighted by Crippen LogP contribution is -2.25. The first kappa shape index (κ1) is 21.1. The van der Waals surface area contributed by atoms with Crippen LogP contribution in [0.5, 0.6) is 17.2 Å². The summed E-state index contributed by atoms with van der Waals surface area (Å²) in [6, 6.07) is 3.71. The van der Waals surface area contributed by atoms with E-state index in [-0.39, 0.29) is 12.5 Å². The summed E-state index contributed by atoms with van der Waals surface area (Å²) >= 11 is 0. The number of hydrogen-bond donors (Lipinski definition) is 2. The van der Waals surface area contributed by atoms with Crippen molar-refractivity contribution in [2.45, 2.75) is 46.5 Å². The van der Waals surface area contributed by atoms with Gasteiger partial charge in [0.15, 0.2) is 0 Å². The van der Waals surface area contributed by atoms with Gasteiger partial charge in [0.25, 0.3) is 0 Å². The second-order valence-electron chi connectivity index (χ2n) is 5.74. The molecule has 1 rings (SSSR count). The Labute approximate surface area is 150 Å². The molecule has 6 heteroatoms. The Kier molecular flexibility index (Phi) is 9.13. The van der Waals surface area contributed by atoms with Crippen molar-refractivity contribution in [3.63, 3.8) is 0 Å². The summed E-state index contributed by atoms with van der Waals surface area (Å²) in [7, 11) is 0. The number of benzene rings is 1. The molecule has 0 spiro atoms. The fourth-order valence-electron chi connectivity index (χ4n) is 2.91. The van der Waals surface area contributed by atoms with Gasteiger partial charge in [-0.1, -0.05) is 6.92 Å². The van der Waals surface area contributed by atoms with Crippen molar-refractivity contribution in [1.29, 1.82) is 0 Å². The van der Waals surface area contributed by atoms with Crippen molar-refractivity contribution in [2.24, 2.45) is 11.7 Å². The lowest BCUT2D eigenvalue weighted by atomic mass is 9.85. The molecule has 142 valence electrons. The van der Waals surface area contributed by atoms with Crippen molar-refractivity contribution in [3.8, 4) is 17.2 Å². The van der Waals surface area contributed by atoms with E-state index in [1.807, 2.05) is 39.8 Å². The third-order valence-electron chi connectivity index (χ3n) is 4.09. The zero-order chi connectivity index (χ0) is 18.8. The molecule has 0 aliphatic carbocycles. The average Bonchev–Trinajstić information content (AvgIpc) is 2.57. The minimum absolute atomic E-state index is 0.0246. The molecule has 0 amide bonds. The first-order valence-electron chi connectivity index (χ1n) is 9.01. The molecule has 0 aliphatic heterocycles. The number of nitrogens with two attached hydrogens (primary N) is 1. The van der Waals surface area contributed by atoms with Gasteiger partial charge in [-0.2, -0.15) is 0 Å². The van der Waals surface area contributed by atoms with Gasteiger partial charge in [0.05, 0.1) is 25.7 Å². The Morgan fingerprint density at radius 1 is 1.04 bits per heavy atom. The summed E-state index contributed by atoms with van der Waals surface area (Å²) in [6.45, 7) is 9.44. The van der Waals surface area contributed by atoms with Gasteiger partial charge >= 0.3 is 5.97 Å². The van der Waals surface area contributed by atoms with Crippen LogP contribution in [0.3, 0.4) is 0 Å². The molecular weight excluding hydrogens is 322 g/mol. The van der Waals surface area contributed by atoms with Crippen LogP contribution < -0.4 is 19.9 Å². The molecule has 0 saturated carbocycles. The number of rotatable bonds is 12. The summed E-state index contributed by atoms with van der Waals surface area (Å²) in [5.74, 6) is 0.558. The molecule has 2 atom stereocenters. The summed E-state index contributed by atoms with van der Waals surface area (Å²) < 4.78 is 17.3. The lowest BCUT2D eigenvalue weighted by molar-refractivity contribution is -0.141. The van der Waals surface area contributed by atoms with Gasteiger partial charge in [-0.15, -0.1) is 0 Å². The topological polar surface area (TPSA) is 91.0 Å². The number of carboxylic acid groups (broad SMARTS) is 1. The Bertz CT molecular complexity index is 520. The van der Waals surface area contributed by atoms with E-state index in [0.29, 0.717) is 43.5 Å². The third-order valence-corrected chi connectivity index (χ3v) is 4.09. The van der Waals surface area contributed by atoms with E-state index in [1.54, 1.807) is 0 Å². The van der Waals surface area contributed by atoms with Gasteiger partial charge in [0.1, 0.15) is 17.2 Å². The smallest absolute Gasteiger partial charge is 0.307 e. The minimum Gasteiger partial charge on any atom is -0.494 e. The van der Waals surface area contributed by atoms with Crippen molar-refractivity contribution in [2.75, 3.05) is 26.4 Å². The molecule has 0 aromatic heterocycles. The van der Waals surface area contributed by atoms with Crippen LogP contribution in [-0.2, 0) is 4.79 Å².